The first kappa shape index (κ1) is 15.5. The fourth-order valence-corrected chi connectivity index (χ4v) is 2.30. The first-order chi connectivity index (χ1) is 7.23. The van der Waals surface area contributed by atoms with Gasteiger partial charge in [0.1, 0.15) is 0 Å². The maximum absolute atomic E-state index is 11.0. The zero-order valence-corrected chi connectivity index (χ0v) is 14.3. The van der Waals surface area contributed by atoms with Crippen molar-refractivity contribution >= 4 is 72.9 Å². The Hall–Kier alpha value is 0.436. The quantitative estimate of drug-likeness (QED) is 0.630. The summed E-state index contributed by atoms with van der Waals surface area (Å²) in [5.74, 6) is 0. The predicted molar refractivity (Wildman–Crippen MR) is 67.8 cm³/mol. The maximum atomic E-state index is 11.0. The molecule has 1 N–H and O–H groups in total. The minimum Gasteiger partial charge on any atom is -0.282 e. The molecule has 4 nitrogen and oxygen atoms in total. The molecule has 1 aromatic rings. The number of rotatable bonds is 1. The van der Waals surface area contributed by atoms with Crippen molar-refractivity contribution in [1.29, 1.82) is 0 Å². The van der Waals surface area contributed by atoms with Gasteiger partial charge in [0.15, 0.2) is 0 Å². The molecule has 1 aromatic carbocycles. The molecular formula is C11H13KNO3S. The Morgan fingerprint density at radius 1 is 1.29 bits per heavy atom. The van der Waals surface area contributed by atoms with Crippen molar-refractivity contribution in [3.63, 3.8) is 0 Å². The van der Waals surface area contributed by atoms with E-state index in [1.165, 1.54) is 12.1 Å². The summed E-state index contributed by atoms with van der Waals surface area (Å²) in [5.41, 5.74) is 2.26. The Labute approximate surface area is 144 Å². The molecule has 0 fully saturated rings. The molecule has 1 aliphatic rings. The molecule has 1 heterocycles. The molecule has 6 heteroatoms. The summed E-state index contributed by atoms with van der Waals surface area (Å²) in [4.78, 5) is 4.29. The van der Waals surface area contributed by atoms with Crippen LogP contribution in [0.3, 0.4) is 0 Å². The average Bonchev–Trinajstić information content (AvgIpc) is 2.37. The second-order valence-electron chi connectivity index (χ2n) is 4.48. The Morgan fingerprint density at radius 3 is 2.41 bits per heavy atom. The van der Waals surface area contributed by atoms with Crippen LogP contribution in [0.5, 0.6) is 0 Å². The fraction of sp³-hybridized carbons (Fsp3) is 0.364. The van der Waals surface area contributed by atoms with Crippen LogP contribution in [0.4, 0.5) is 5.69 Å². The molecule has 87 valence electrons. The molecule has 17 heavy (non-hydrogen) atoms. The van der Waals surface area contributed by atoms with Gasteiger partial charge in [0.25, 0.3) is 10.1 Å². The van der Waals surface area contributed by atoms with Gasteiger partial charge in [0, 0.05) is 62.5 Å². The van der Waals surface area contributed by atoms with Crippen LogP contribution in [0.25, 0.3) is 0 Å². The van der Waals surface area contributed by atoms with Crippen molar-refractivity contribution in [2.24, 2.45) is 4.99 Å². The molecule has 0 unspecified atom stereocenters. The Bertz CT molecular complexity index is 591. The van der Waals surface area contributed by atoms with Crippen molar-refractivity contribution in [1.82, 2.24) is 0 Å². The van der Waals surface area contributed by atoms with E-state index >= 15 is 0 Å². The minimum absolute atomic E-state index is 0. The summed E-state index contributed by atoms with van der Waals surface area (Å²) < 4.78 is 31.1. The maximum Gasteiger partial charge on any atom is 0.294 e. The zero-order chi connectivity index (χ0) is 12.1. The molecule has 0 spiro atoms. The van der Waals surface area contributed by atoms with Crippen molar-refractivity contribution < 1.29 is 13.0 Å². The van der Waals surface area contributed by atoms with E-state index in [9.17, 15) is 8.42 Å². The first-order valence-electron chi connectivity index (χ1n) is 4.91. The number of hydrogen-bond donors (Lipinski definition) is 1. The van der Waals surface area contributed by atoms with Crippen LogP contribution in [0.15, 0.2) is 28.1 Å². The van der Waals surface area contributed by atoms with Gasteiger partial charge in [-0.2, -0.15) is 8.42 Å². The van der Waals surface area contributed by atoms with Crippen molar-refractivity contribution in [3.8, 4) is 0 Å². The fourth-order valence-electron chi connectivity index (χ4n) is 1.79. The normalized spacial score (nSPS) is 17.1. The molecule has 0 saturated heterocycles. The van der Waals surface area contributed by atoms with Crippen LogP contribution in [0.1, 0.15) is 26.3 Å². The third-order valence-corrected chi connectivity index (χ3v) is 3.98. The van der Waals surface area contributed by atoms with Gasteiger partial charge in [-0.25, -0.2) is 0 Å². The standard InChI is InChI=1S/C11H13NO3S.K/c1-7-11(2,3)9-6-8(16(13,14)15)4-5-10(9)12-7;/h4-6H,1-3H3,(H,13,14,15);. The topological polar surface area (TPSA) is 66.7 Å². The monoisotopic (exact) mass is 278 g/mol. The van der Waals surface area contributed by atoms with E-state index in [1.807, 2.05) is 20.8 Å². The van der Waals surface area contributed by atoms with Crippen LogP contribution in [-0.2, 0) is 15.5 Å². The summed E-state index contributed by atoms with van der Waals surface area (Å²) >= 11 is 0. The summed E-state index contributed by atoms with van der Waals surface area (Å²) in [6, 6.07) is 4.48. The Kier molecular flexibility index (Phi) is 4.41. The van der Waals surface area contributed by atoms with E-state index in [1.54, 1.807) is 6.07 Å². The number of hydrogen-bond acceptors (Lipinski definition) is 3. The van der Waals surface area contributed by atoms with Crippen LogP contribution < -0.4 is 0 Å². The van der Waals surface area contributed by atoms with Crippen molar-refractivity contribution in [3.05, 3.63) is 23.8 Å². The van der Waals surface area contributed by atoms with E-state index in [2.05, 4.69) is 4.99 Å². The van der Waals surface area contributed by atoms with Crippen LogP contribution >= 0.6 is 0 Å². The van der Waals surface area contributed by atoms with E-state index < -0.39 is 10.1 Å². The molecule has 0 bridgehead atoms. The number of nitrogens with zero attached hydrogens (tertiary/aromatic N) is 1. The molecule has 1 aliphatic heterocycles. The van der Waals surface area contributed by atoms with E-state index in [-0.39, 0.29) is 61.7 Å². The van der Waals surface area contributed by atoms with E-state index in [4.69, 9.17) is 4.55 Å². The Morgan fingerprint density at radius 2 is 1.88 bits per heavy atom. The molecule has 0 saturated carbocycles. The first-order valence-corrected chi connectivity index (χ1v) is 6.35. The largest absolute Gasteiger partial charge is 0.294 e. The second-order valence-corrected chi connectivity index (χ2v) is 5.90. The third kappa shape index (κ3) is 2.73. The van der Waals surface area contributed by atoms with E-state index in [0.717, 1.165) is 17.0 Å². The van der Waals surface area contributed by atoms with Gasteiger partial charge >= 0.3 is 0 Å². The van der Waals surface area contributed by atoms with Gasteiger partial charge < -0.3 is 0 Å². The van der Waals surface area contributed by atoms with Gasteiger partial charge in [0.2, 0.25) is 0 Å². The van der Waals surface area contributed by atoms with Crippen molar-refractivity contribution in [2.75, 3.05) is 0 Å². The van der Waals surface area contributed by atoms with Crippen LogP contribution in [0.2, 0.25) is 0 Å². The molecule has 1 radical (unpaired) electrons. The zero-order valence-electron chi connectivity index (χ0n) is 10.4. The summed E-state index contributed by atoms with van der Waals surface area (Å²) in [6.07, 6.45) is 0. The predicted octanol–water partition coefficient (Wildman–Crippen LogP) is 1.94. The Balaban J connectivity index is 0.00000144. The molecule has 2 rings (SSSR count). The van der Waals surface area contributed by atoms with Crippen LogP contribution in [-0.4, -0.2) is 70.1 Å². The van der Waals surface area contributed by atoms with Gasteiger partial charge in [0.05, 0.1) is 10.6 Å². The van der Waals surface area contributed by atoms with E-state index in [0.29, 0.717) is 0 Å². The summed E-state index contributed by atoms with van der Waals surface area (Å²) in [6.45, 7) is 5.87. The average molecular weight is 278 g/mol. The van der Waals surface area contributed by atoms with Crippen LogP contribution in [0, 0.1) is 0 Å². The second kappa shape index (κ2) is 4.84. The van der Waals surface area contributed by atoms with Gasteiger partial charge in [-0.05, 0) is 30.7 Å². The molecular weight excluding hydrogens is 265 g/mol. The molecule has 0 atom stereocenters. The summed E-state index contributed by atoms with van der Waals surface area (Å²) in [5, 5.41) is 0. The smallest absolute Gasteiger partial charge is 0.282 e. The minimum atomic E-state index is -4.14. The molecule has 0 aliphatic carbocycles. The molecule has 0 amide bonds. The van der Waals surface area contributed by atoms with Gasteiger partial charge in [-0.15, -0.1) is 0 Å². The van der Waals surface area contributed by atoms with Crippen molar-refractivity contribution in [2.45, 2.75) is 31.1 Å². The van der Waals surface area contributed by atoms with Gasteiger partial charge in [-0.3, -0.25) is 9.55 Å². The van der Waals surface area contributed by atoms with Gasteiger partial charge in [-0.1, -0.05) is 13.8 Å². The summed E-state index contributed by atoms with van der Waals surface area (Å²) in [7, 11) is -4.14. The SMILES string of the molecule is CC1=Nc2ccc(S(=O)(=O)O)cc2C1(C)C.[K]. The third-order valence-electron chi connectivity index (χ3n) is 3.13. The number of fused-ring (bicyclic) bond motifs is 1. The molecule has 0 aromatic heterocycles. The number of benzene rings is 1. The number of aliphatic imine (C=N–C) groups is 1.